The van der Waals surface area contributed by atoms with Gasteiger partial charge >= 0.3 is 6.18 Å². The van der Waals surface area contributed by atoms with E-state index in [1.807, 2.05) is 0 Å². The van der Waals surface area contributed by atoms with Crippen molar-refractivity contribution in [2.75, 3.05) is 18.5 Å². The van der Waals surface area contributed by atoms with E-state index in [1.165, 1.54) is 6.07 Å². The van der Waals surface area contributed by atoms with Gasteiger partial charge in [-0.05, 0) is 67.9 Å². The molecule has 1 heterocycles. The second-order valence-electron chi connectivity index (χ2n) is 8.38. The third-order valence-corrected chi connectivity index (χ3v) is 6.22. The Morgan fingerprint density at radius 1 is 0.935 bits per heavy atom. The fraction of sp³-hybridized carbons (Fsp3) is 0.458. The zero-order chi connectivity index (χ0) is 21.8. The van der Waals surface area contributed by atoms with Crippen molar-refractivity contribution in [1.82, 2.24) is 5.32 Å². The highest BCUT2D eigenvalue weighted by molar-refractivity contribution is 6.04. The Hall–Kier alpha value is -2.38. The summed E-state index contributed by atoms with van der Waals surface area (Å²) in [6, 6.07) is 13.2. The zero-order valence-corrected chi connectivity index (χ0v) is 17.3. The van der Waals surface area contributed by atoms with Crippen LogP contribution in [0.5, 0.6) is 0 Å². The summed E-state index contributed by atoms with van der Waals surface area (Å²) in [6.45, 7) is 1.48. The first kappa shape index (κ1) is 21.8. The lowest BCUT2D eigenvalue weighted by atomic mass is 9.91. The van der Waals surface area contributed by atoms with Crippen molar-refractivity contribution >= 4 is 11.6 Å². The summed E-state index contributed by atoms with van der Waals surface area (Å²) >= 11 is 0. The molecule has 2 aromatic rings. The molecule has 1 aliphatic heterocycles. The number of benzene rings is 2. The summed E-state index contributed by atoms with van der Waals surface area (Å²) in [5, 5.41) is 6.20. The van der Waals surface area contributed by atoms with Crippen LogP contribution in [0.1, 0.15) is 59.5 Å². The average Bonchev–Trinajstić information content (AvgIpc) is 3.22. The van der Waals surface area contributed by atoms with Gasteiger partial charge in [-0.15, -0.1) is 0 Å². The highest BCUT2D eigenvalue weighted by atomic mass is 19.4. The van der Waals surface area contributed by atoms with Crippen molar-refractivity contribution < 1.29 is 22.7 Å². The van der Waals surface area contributed by atoms with Gasteiger partial charge < -0.3 is 15.4 Å². The summed E-state index contributed by atoms with van der Waals surface area (Å²) in [5.74, 6) is -0.573. The van der Waals surface area contributed by atoms with E-state index in [1.54, 1.807) is 36.4 Å². The molecule has 0 spiro atoms. The molecule has 2 fully saturated rings. The molecular formula is C24H27F3N2O2. The molecule has 31 heavy (non-hydrogen) atoms. The van der Waals surface area contributed by atoms with Crippen LogP contribution in [0, 0.1) is 0 Å². The lowest BCUT2D eigenvalue weighted by Crippen LogP contribution is -2.40. The van der Waals surface area contributed by atoms with E-state index >= 15 is 0 Å². The summed E-state index contributed by atoms with van der Waals surface area (Å²) in [6.07, 6.45) is -0.299. The van der Waals surface area contributed by atoms with Gasteiger partial charge in [0.2, 0.25) is 0 Å². The van der Waals surface area contributed by atoms with E-state index < -0.39 is 17.6 Å². The maximum atomic E-state index is 13.9. The molecular weight excluding hydrogens is 405 g/mol. The van der Waals surface area contributed by atoms with Crippen molar-refractivity contribution in [2.45, 2.75) is 56.3 Å². The normalized spacial score (nSPS) is 22.4. The average molecular weight is 432 g/mol. The van der Waals surface area contributed by atoms with Gasteiger partial charge in [-0.25, -0.2) is 0 Å². The smallest absolute Gasteiger partial charge is 0.381 e. The second-order valence-corrected chi connectivity index (χ2v) is 8.38. The molecule has 1 amide bonds. The lowest BCUT2D eigenvalue weighted by molar-refractivity contribution is -0.138. The Bertz CT molecular complexity index is 895. The minimum Gasteiger partial charge on any atom is -0.381 e. The second kappa shape index (κ2) is 9.40. The third kappa shape index (κ3) is 5.46. The first-order valence-electron chi connectivity index (χ1n) is 10.8. The molecule has 7 heteroatoms. The monoisotopic (exact) mass is 432 g/mol. The fourth-order valence-corrected chi connectivity index (χ4v) is 4.64. The lowest BCUT2D eigenvalue weighted by Gasteiger charge is -2.27. The van der Waals surface area contributed by atoms with Gasteiger partial charge in [-0.2, -0.15) is 13.2 Å². The van der Waals surface area contributed by atoms with Gasteiger partial charge in [0.15, 0.2) is 0 Å². The SMILES string of the molecule is O=C(Nc1ccc(C2CCC(NC3CCOCC3)C2)c(C(F)(F)F)c1)c1ccccc1. The van der Waals surface area contributed by atoms with Crippen molar-refractivity contribution in [1.29, 1.82) is 0 Å². The summed E-state index contributed by atoms with van der Waals surface area (Å²) in [5.41, 5.74) is 0.217. The van der Waals surface area contributed by atoms with Crippen molar-refractivity contribution in [3.05, 3.63) is 65.2 Å². The molecule has 1 saturated heterocycles. The number of hydrogen-bond acceptors (Lipinski definition) is 3. The number of alkyl halides is 3. The van der Waals surface area contributed by atoms with Crippen molar-refractivity contribution in [3.8, 4) is 0 Å². The van der Waals surface area contributed by atoms with Crippen LogP contribution in [0.3, 0.4) is 0 Å². The molecule has 0 radical (unpaired) electrons. The van der Waals surface area contributed by atoms with Crippen LogP contribution in [-0.4, -0.2) is 31.2 Å². The van der Waals surface area contributed by atoms with Crippen LogP contribution in [0.15, 0.2) is 48.5 Å². The van der Waals surface area contributed by atoms with Crippen LogP contribution in [0.25, 0.3) is 0 Å². The van der Waals surface area contributed by atoms with Gasteiger partial charge in [0.05, 0.1) is 5.56 Å². The Morgan fingerprint density at radius 3 is 2.39 bits per heavy atom. The summed E-state index contributed by atoms with van der Waals surface area (Å²) < 4.78 is 47.0. The molecule has 1 saturated carbocycles. The fourth-order valence-electron chi connectivity index (χ4n) is 4.64. The number of rotatable bonds is 5. The van der Waals surface area contributed by atoms with E-state index in [0.717, 1.165) is 45.0 Å². The van der Waals surface area contributed by atoms with Gasteiger partial charge in [-0.1, -0.05) is 24.3 Å². The van der Waals surface area contributed by atoms with Crippen LogP contribution < -0.4 is 10.6 Å². The van der Waals surface area contributed by atoms with Crippen LogP contribution >= 0.6 is 0 Å². The number of hydrogen-bond donors (Lipinski definition) is 2. The first-order chi connectivity index (χ1) is 14.9. The maximum absolute atomic E-state index is 13.9. The Balaban J connectivity index is 1.48. The van der Waals surface area contributed by atoms with E-state index in [-0.39, 0.29) is 17.6 Å². The Labute approximate surface area is 180 Å². The molecule has 2 unspecified atom stereocenters. The molecule has 166 valence electrons. The van der Waals surface area contributed by atoms with Crippen LogP contribution in [-0.2, 0) is 10.9 Å². The molecule has 2 N–H and O–H groups in total. The van der Waals surface area contributed by atoms with Crippen LogP contribution in [0.4, 0.5) is 18.9 Å². The van der Waals surface area contributed by atoms with Crippen molar-refractivity contribution in [2.24, 2.45) is 0 Å². The molecule has 0 aromatic heterocycles. The molecule has 4 nitrogen and oxygen atoms in total. The third-order valence-electron chi connectivity index (χ3n) is 6.22. The van der Waals surface area contributed by atoms with Gasteiger partial charge in [0.25, 0.3) is 5.91 Å². The quantitative estimate of drug-likeness (QED) is 0.669. The molecule has 2 aromatic carbocycles. The minimum atomic E-state index is -4.48. The van der Waals surface area contributed by atoms with E-state index in [0.29, 0.717) is 23.6 Å². The van der Waals surface area contributed by atoms with Gasteiger partial charge in [0, 0.05) is 36.5 Å². The highest BCUT2D eigenvalue weighted by Crippen LogP contribution is 2.43. The predicted molar refractivity (Wildman–Crippen MR) is 113 cm³/mol. The number of halogens is 3. The van der Waals surface area contributed by atoms with Gasteiger partial charge in [0.1, 0.15) is 0 Å². The standard InChI is InChI=1S/C24H27F3N2O2/c25-24(26,27)22-15-20(29-23(30)16-4-2-1-3-5-16)8-9-21(22)17-6-7-19(14-17)28-18-10-12-31-13-11-18/h1-5,8-9,15,17-19,28H,6-7,10-14H2,(H,29,30). The molecule has 2 atom stereocenters. The topological polar surface area (TPSA) is 50.4 Å². The number of nitrogens with one attached hydrogen (secondary N) is 2. The summed E-state index contributed by atoms with van der Waals surface area (Å²) in [4.78, 5) is 12.3. The number of ether oxygens (including phenoxy) is 1. The molecule has 2 aliphatic rings. The maximum Gasteiger partial charge on any atom is 0.416 e. The molecule has 1 aliphatic carbocycles. The molecule has 0 bridgehead atoms. The Kier molecular flexibility index (Phi) is 6.62. The Morgan fingerprint density at radius 2 is 1.68 bits per heavy atom. The largest absolute Gasteiger partial charge is 0.416 e. The number of carbonyl (C=O) groups is 1. The minimum absolute atomic E-state index is 0.146. The number of amides is 1. The number of carbonyl (C=O) groups excluding carboxylic acids is 1. The van der Waals surface area contributed by atoms with Crippen LogP contribution in [0.2, 0.25) is 0 Å². The molecule has 4 rings (SSSR count). The summed E-state index contributed by atoms with van der Waals surface area (Å²) in [7, 11) is 0. The zero-order valence-electron chi connectivity index (χ0n) is 17.3. The van der Waals surface area contributed by atoms with Gasteiger partial charge in [-0.3, -0.25) is 4.79 Å². The predicted octanol–water partition coefficient (Wildman–Crippen LogP) is 5.36. The number of anilines is 1. The van der Waals surface area contributed by atoms with E-state index in [2.05, 4.69) is 10.6 Å². The van der Waals surface area contributed by atoms with E-state index in [9.17, 15) is 18.0 Å². The highest BCUT2D eigenvalue weighted by Gasteiger charge is 2.38. The first-order valence-corrected chi connectivity index (χ1v) is 10.8. The van der Waals surface area contributed by atoms with E-state index in [4.69, 9.17) is 4.74 Å². The van der Waals surface area contributed by atoms with Crippen molar-refractivity contribution in [3.63, 3.8) is 0 Å².